The summed E-state index contributed by atoms with van der Waals surface area (Å²) in [6.45, 7) is 16.1. The number of benzene rings is 2. The maximum Gasteiger partial charge on any atom is 0.327 e. The molecule has 3 rings (SSSR count). The molecule has 1 heterocycles. The van der Waals surface area contributed by atoms with E-state index in [2.05, 4.69) is 37.1 Å². The van der Waals surface area contributed by atoms with Crippen LogP contribution in [-0.4, -0.2) is 175 Å². The molecule has 4 unspecified atom stereocenters. The van der Waals surface area contributed by atoms with Crippen LogP contribution >= 0.6 is 23.5 Å². The number of hydrogen-bond acceptors (Lipinski definition) is 15. The number of amides is 4. The number of thioether (sulfide) groups is 2. The van der Waals surface area contributed by atoms with Gasteiger partial charge in [-0.1, -0.05) is 65.0 Å². The largest absolute Gasteiger partial charge is 0.481 e. The molecule has 0 aliphatic rings. The molecular weight excluding hydrogens is 1050 g/mol. The van der Waals surface area contributed by atoms with Crippen LogP contribution in [0.1, 0.15) is 77.6 Å². The number of hydrogen-bond donors (Lipinski definition) is 8. The summed E-state index contributed by atoms with van der Waals surface area (Å²) in [5.74, 6) is -3.56. The Kier molecular flexibility index (Phi) is 40.1. The second-order valence-electron chi connectivity index (χ2n) is 17.6. The average molecular weight is 1130 g/mol. The number of nitrogens with one attached hydrogen (secondary N) is 2. The van der Waals surface area contributed by atoms with Crippen molar-refractivity contribution in [3.8, 4) is 11.1 Å². The summed E-state index contributed by atoms with van der Waals surface area (Å²) < 4.78 is 51.9. The van der Waals surface area contributed by atoms with E-state index in [-0.39, 0.29) is 29.2 Å². The first kappa shape index (κ1) is 71.3. The quantitative estimate of drug-likeness (QED) is 0.0293. The summed E-state index contributed by atoms with van der Waals surface area (Å²) in [7, 11) is 0. The summed E-state index contributed by atoms with van der Waals surface area (Å²) in [5.41, 5.74) is 17.7. The van der Waals surface area contributed by atoms with E-state index in [9.17, 15) is 37.5 Å². The van der Waals surface area contributed by atoms with Crippen LogP contribution in [0.15, 0.2) is 60.8 Å². The lowest BCUT2D eigenvalue weighted by molar-refractivity contribution is -0.140. The first-order chi connectivity index (χ1) is 36.8. The van der Waals surface area contributed by atoms with Gasteiger partial charge in [-0.25, -0.2) is 13.6 Å². The Morgan fingerprint density at radius 3 is 1.94 bits per heavy atom. The standard InChI is InChI=1S/C26H31F2N3O.C19H36N2O9S.C6H11NO3S.CH3NO/c1-26(2,3)25(30(18-32)13-7-12-29)24-14-20(22-15-21(27)10-11-23(22)28)17-31(24)16-19-8-5-4-6-9-19;1-2-5-27-7-9-29-11-12-30-10-8-28-6-3-4-21-18(24)16(13-17(22)23)31-14-15(20)19(25)26;1-2-11-3-5(6(9)10)7-4-8;2-1-3/h4-6,8-11,14-15,17-18,25H,7,12-13,16,29H2,1-3H3;15-16H,2-14,20H2,1H3,(H,21,24)(H,22,23)(H,25,26);4-5H,2-3H2,1H3,(H,7,8)(H,9,10);1H,(H2,2,3). The molecule has 1 aromatic heterocycles. The topological polar surface area (TPSA) is 327 Å². The Balaban J connectivity index is 0.00000121. The van der Waals surface area contributed by atoms with E-state index >= 15 is 0 Å². The molecule has 0 spiro atoms. The minimum atomic E-state index is -1.20. The van der Waals surface area contributed by atoms with E-state index in [1.165, 1.54) is 17.8 Å². The van der Waals surface area contributed by atoms with E-state index in [1.54, 1.807) is 4.90 Å². The van der Waals surface area contributed by atoms with Gasteiger partial charge in [-0.15, -0.1) is 11.8 Å². The fourth-order valence-electron chi connectivity index (χ4n) is 6.76. The summed E-state index contributed by atoms with van der Waals surface area (Å²) >= 11 is 2.40. The third-order valence-electron chi connectivity index (χ3n) is 10.3. The highest BCUT2D eigenvalue weighted by molar-refractivity contribution is 8.00. The SMILES string of the molecule is CC(C)(C)C(c1cc(-c2cc(F)ccc2F)cn1Cc1ccccc1)N(C=O)CCCN.CCCOCCOCCOCCOCCCNC(=O)C(CC(=O)O)SCC(N)C(=O)O.CCSCC(NC=O)C(=O)O.NC=O. The fourth-order valence-corrected chi connectivity index (χ4v) is 8.55. The van der Waals surface area contributed by atoms with Gasteiger partial charge in [0.1, 0.15) is 23.7 Å². The second kappa shape index (κ2) is 43.3. The van der Waals surface area contributed by atoms with Crippen LogP contribution in [0.3, 0.4) is 0 Å². The molecule has 0 saturated heterocycles. The number of nitrogens with zero attached hydrogens (tertiary/aromatic N) is 2. The van der Waals surface area contributed by atoms with Gasteiger partial charge in [-0.05, 0) is 66.8 Å². The van der Waals surface area contributed by atoms with Crippen molar-refractivity contribution in [2.75, 3.05) is 89.7 Å². The number of aromatic nitrogens is 1. The highest BCUT2D eigenvalue weighted by Crippen LogP contribution is 2.40. The van der Waals surface area contributed by atoms with Crippen molar-refractivity contribution in [1.82, 2.24) is 20.1 Å². The Hall–Kier alpha value is -5.67. The molecule has 0 aliphatic heterocycles. The first-order valence-electron chi connectivity index (χ1n) is 24.9. The van der Waals surface area contributed by atoms with Crippen molar-refractivity contribution in [3.05, 3.63) is 83.7 Å². The summed E-state index contributed by atoms with van der Waals surface area (Å²) in [4.78, 5) is 76.5. The van der Waals surface area contributed by atoms with Crippen LogP contribution in [0.2, 0.25) is 0 Å². The van der Waals surface area contributed by atoms with E-state index in [4.69, 9.17) is 50.5 Å². The third-order valence-corrected chi connectivity index (χ3v) is 12.6. The van der Waals surface area contributed by atoms with Gasteiger partial charge in [0.2, 0.25) is 25.1 Å². The Labute approximate surface area is 459 Å². The number of aliphatic carboxylic acids is 3. The molecule has 4 amide bonds. The lowest BCUT2D eigenvalue weighted by atomic mass is 9.83. The van der Waals surface area contributed by atoms with Crippen LogP contribution < -0.4 is 27.8 Å². The molecule has 434 valence electrons. The Bertz CT molecular complexity index is 2130. The summed E-state index contributed by atoms with van der Waals surface area (Å²) in [6.07, 6.45) is 5.16. The van der Waals surface area contributed by atoms with Crippen LogP contribution in [0.4, 0.5) is 8.78 Å². The molecule has 3 aromatic rings. The number of carbonyl (C=O) groups excluding carboxylic acids is 4. The van der Waals surface area contributed by atoms with E-state index in [1.807, 2.05) is 61.0 Å². The highest BCUT2D eigenvalue weighted by atomic mass is 32.2. The first-order valence-corrected chi connectivity index (χ1v) is 27.1. The van der Waals surface area contributed by atoms with Gasteiger partial charge in [0.15, 0.2) is 0 Å². The van der Waals surface area contributed by atoms with Gasteiger partial charge in [0.05, 0.1) is 57.4 Å². The maximum atomic E-state index is 14.6. The highest BCUT2D eigenvalue weighted by Gasteiger charge is 2.34. The molecule has 4 atom stereocenters. The minimum Gasteiger partial charge on any atom is -0.481 e. The molecule has 77 heavy (non-hydrogen) atoms. The van der Waals surface area contributed by atoms with E-state index < -0.39 is 59.2 Å². The Morgan fingerprint density at radius 2 is 1.43 bits per heavy atom. The van der Waals surface area contributed by atoms with Crippen LogP contribution in [0.5, 0.6) is 0 Å². The Morgan fingerprint density at radius 1 is 0.831 bits per heavy atom. The van der Waals surface area contributed by atoms with E-state index in [0.29, 0.717) is 103 Å². The number of carboxylic acids is 3. The van der Waals surface area contributed by atoms with E-state index in [0.717, 1.165) is 60.3 Å². The maximum absolute atomic E-state index is 14.6. The monoisotopic (exact) mass is 1130 g/mol. The van der Waals surface area contributed by atoms with Crippen molar-refractivity contribution in [1.29, 1.82) is 0 Å². The second-order valence-corrected chi connectivity index (χ2v) is 20.1. The summed E-state index contributed by atoms with van der Waals surface area (Å²) in [5, 5.41) is 30.1. The van der Waals surface area contributed by atoms with Crippen LogP contribution in [0, 0.1) is 17.0 Å². The smallest absolute Gasteiger partial charge is 0.327 e. The van der Waals surface area contributed by atoms with Gasteiger partial charge < -0.3 is 71.6 Å². The molecule has 0 aliphatic carbocycles. The third kappa shape index (κ3) is 32.6. The molecule has 0 fully saturated rings. The zero-order valence-electron chi connectivity index (χ0n) is 44.8. The molecule has 11 N–H and O–H groups in total. The van der Waals surface area contributed by atoms with Crippen molar-refractivity contribution < 1.29 is 76.6 Å². The van der Waals surface area contributed by atoms with Gasteiger partial charge in [0, 0.05) is 67.4 Å². The lowest BCUT2D eigenvalue weighted by Crippen LogP contribution is -2.38. The predicted molar refractivity (Wildman–Crippen MR) is 293 cm³/mol. The molecule has 0 saturated carbocycles. The molecule has 0 bridgehead atoms. The van der Waals surface area contributed by atoms with Crippen LogP contribution in [0.25, 0.3) is 11.1 Å². The average Bonchev–Trinajstić information content (AvgIpc) is 3.79. The van der Waals surface area contributed by atoms with Gasteiger partial charge in [-0.3, -0.25) is 28.8 Å². The van der Waals surface area contributed by atoms with Crippen molar-refractivity contribution in [3.63, 3.8) is 0 Å². The predicted octanol–water partition coefficient (Wildman–Crippen LogP) is 4.37. The van der Waals surface area contributed by atoms with Gasteiger partial charge in [0.25, 0.3) is 0 Å². The van der Waals surface area contributed by atoms with Gasteiger partial charge in [-0.2, -0.15) is 11.8 Å². The molecule has 2 aromatic carbocycles. The minimum absolute atomic E-state index is 0.0541. The molecule has 21 nitrogen and oxygen atoms in total. The van der Waals surface area contributed by atoms with Crippen molar-refractivity contribution >= 4 is 66.6 Å². The molecule has 25 heteroatoms. The number of ether oxygens (including phenoxy) is 4. The number of carboxylic acid groups (broad SMARTS) is 3. The lowest BCUT2D eigenvalue weighted by Gasteiger charge is -2.39. The van der Waals surface area contributed by atoms with Crippen LogP contribution in [-0.2, 0) is 59.1 Å². The van der Waals surface area contributed by atoms with Gasteiger partial charge >= 0.3 is 17.9 Å². The summed E-state index contributed by atoms with van der Waals surface area (Å²) in [6, 6.07) is 13.1. The number of halogens is 2. The normalized spacial score (nSPS) is 12.3. The number of carbonyl (C=O) groups is 7. The zero-order valence-corrected chi connectivity index (χ0v) is 46.4. The molecule has 0 radical (unpaired) electrons. The number of primary amides is 1. The van der Waals surface area contributed by atoms with Crippen molar-refractivity contribution in [2.24, 2.45) is 22.6 Å². The fraction of sp³-hybridized carbons (Fsp3) is 0.558. The zero-order chi connectivity index (χ0) is 58.0. The number of rotatable bonds is 37. The van der Waals surface area contributed by atoms with Crippen molar-refractivity contribution in [2.45, 2.75) is 90.2 Å². The number of nitrogens with two attached hydrogens (primary N) is 3. The molecular formula is C52H81F2N7O14S2.